The van der Waals surface area contributed by atoms with E-state index in [0.717, 1.165) is 17.9 Å². The van der Waals surface area contributed by atoms with Gasteiger partial charge in [-0.1, -0.05) is 33.1 Å². The first-order valence-corrected chi connectivity index (χ1v) is 9.28. The molecule has 0 amide bonds. The van der Waals surface area contributed by atoms with Crippen LogP contribution in [0.25, 0.3) is 0 Å². The van der Waals surface area contributed by atoms with E-state index in [9.17, 15) is 0 Å². The molecule has 20 heavy (non-hydrogen) atoms. The monoisotopic (exact) mass is 280 g/mol. The molecular formula is C18H36N2. The van der Waals surface area contributed by atoms with Crippen molar-refractivity contribution in [2.75, 3.05) is 26.2 Å². The van der Waals surface area contributed by atoms with Gasteiger partial charge in [-0.3, -0.25) is 0 Å². The zero-order valence-corrected chi connectivity index (χ0v) is 13.9. The summed E-state index contributed by atoms with van der Waals surface area (Å²) in [6.07, 6.45) is 12.9. The van der Waals surface area contributed by atoms with Crippen LogP contribution in [-0.2, 0) is 0 Å². The Hall–Kier alpha value is -0.0800. The van der Waals surface area contributed by atoms with Crippen molar-refractivity contribution in [1.82, 2.24) is 10.2 Å². The number of hydrogen-bond acceptors (Lipinski definition) is 2. The van der Waals surface area contributed by atoms with Gasteiger partial charge in [-0.2, -0.15) is 0 Å². The molecule has 0 radical (unpaired) electrons. The maximum absolute atomic E-state index is 3.50. The molecule has 1 aliphatic carbocycles. The SMILES string of the molecule is CCCN(CC1CCNCC1)C1CCCC(CC)CC1. The zero-order valence-electron chi connectivity index (χ0n) is 13.9. The molecule has 1 aliphatic heterocycles. The average molecular weight is 280 g/mol. The van der Waals surface area contributed by atoms with Gasteiger partial charge in [-0.15, -0.1) is 0 Å². The fourth-order valence-electron chi connectivity index (χ4n) is 4.24. The second-order valence-electron chi connectivity index (χ2n) is 7.12. The number of hydrogen-bond donors (Lipinski definition) is 1. The molecule has 0 aromatic rings. The molecule has 118 valence electrons. The van der Waals surface area contributed by atoms with E-state index in [4.69, 9.17) is 0 Å². The van der Waals surface area contributed by atoms with E-state index in [2.05, 4.69) is 24.1 Å². The normalized spacial score (nSPS) is 29.6. The molecule has 2 heteroatoms. The second-order valence-corrected chi connectivity index (χ2v) is 7.12. The third-order valence-electron chi connectivity index (χ3n) is 5.61. The van der Waals surface area contributed by atoms with E-state index in [1.165, 1.54) is 84.0 Å². The highest BCUT2D eigenvalue weighted by Crippen LogP contribution is 2.29. The number of piperidine rings is 1. The Balaban J connectivity index is 1.85. The van der Waals surface area contributed by atoms with Gasteiger partial charge in [-0.25, -0.2) is 0 Å². The van der Waals surface area contributed by atoms with Crippen molar-refractivity contribution in [3.05, 3.63) is 0 Å². The largest absolute Gasteiger partial charge is 0.317 e. The summed E-state index contributed by atoms with van der Waals surface area (Å²) in [6.45, 7) is 9.91. The zero-order chi connectivity index (χ0) is 14.2. The van der Waals surface area contributed by atoms with Crippen LogP contribution >= 0.6 is 0 Å². The van der Waals surface area contributed by atoms with E-state index < -0.39 is 0 Å². The first-order valence-electron chi connectivity index (χ1n) is 9.28. The fraction of sp³-hybridized carbons (Fsp3) is 1.00. The van der Waals surface area contributed by atoms with Crippen LogP contribution in [0.5, 0.6) is 0 Å². The highest BCUT2D eigenvalue weighted by atomic mass is 15.2. The summed E-state index contributed by atoms with van der Waals surface area (Å²) in [6, 6.07) is 0.890. The predicted octanol–water partition coefficient (Wildman–Crippen LogP) is 4.06. The minimum absolute atomic E-state index is 0.890. The molecule has 2 fully saturated rings. The van der Waals surface area contributed by atoms with Crippen molar-refractivity contribution < 1.29 is 0 Å². The van der Waals surface area contributed by atoms with Gasteiger partial charge in [0, 0.05) is 12.6 Å². The molecule has 0 aromatic carbocycles. The Morgan fingerprint density at radius 1 is 0.900 bits per heavy atom. The molecule has 0 bridgehead atoms. The average Bonchev–Trinajstić information content (AvgIpc) is 2.73. The molecule has 2 rings (SSSR count). The lowest BCUT2D eigenvalue weighted by atomic mass is 9.95. The molecule has 0 aromatic heterocycles. The fourth-order valence-corrected chi connectivity index (χ4v) is 4.24. The lowest BCUT2D eigenvalue weighted by Crippen LogP contribution is -2.42. The van der Waals surface area contributed by atoms with Crippen LogP contribution in [0.3, 0.4) is 0 Å². The summed E-state index contributed by atoms with van der Waals surface area (Å²) in [5.41, 5.74) is 0. The lowest BCUT2D eigenvalue weighted by Gasteiger charge is -2.35. The van der Waals surface area contributed by atoms with Crippen LogP contribution in [-0.4, -0.2) is 37.1 Å². The van der Waals surface area contributed by atoms with Crippen molar-refractivity contribution in [3.63, 3.8) is 0 Å². The summed E-state index contributed by atoms with van der Waals surface area (Å²) in [4.78, 5) is 2.87. The van der Waals surface area contributed by atoms with Crippen molar-refractivity contribution in [2.45, 2.75) is 77.7 Å². The molecule has 1 heterocycles. The van der Waals surface area contributed by atoms with E-state index in [0.29, 0.717) is 0 Å². The molecule has 1 saturated carbocycles. The molecule has 1 N–H and O–H groups in total. The van der Waals surface area contributed by atoms with Crippen molar-refractivity contribution in [3.8, 4) is 0 Å². The number of nitrogens with zero attached hydrogens (tertiary/aromatic N) is 1. The minimum Gasteiger partial charge on any atom is -0.317 e. The molecule has 2 aliphatic rings. The van der Waals surface area contributed by atoms with Crippen molar-refractivity contribution in [1.29, 1.82) is 0 Å². The maximum atomic E-state index is 3.50. The summed E-state index contributed by atoms with van der Waals surface area (Å²) in [5.74, 6) is 1.97. The van der Waals surface area contributed by atoms with E-state index in [-0.39, 0.29) is 0 Å². The van der Waals surface area contributed by atoms with Crippen molar-refractivity contribution in [2.24, 2.45) is 11.8 Å². The van der Waals surface area contributed by atoms with Crippen molar-refractivity contribution >= 4 is 0 Å². The number of nitrogens with one attached hydrogen (secondary N) is 1. The molecule has 2 unspecified atom stereocenters. The Kier molecular flexibility index (Phi) is 7.37. The lowest BCUT2D eigenvalue weighted by molar-refractivity contribution is 0.138. The predicted molar refractivity (Wildman–Crippen MR) is 88.1 cm³/mol. The first kappa shape index (κ1) is 16.3. The van der Waals surface area contributed by atoms with Gasteiger partial charge in [0.25, 0.3) is 0 Å². The highest BCUT2D eigenvalue weighted by molar-refractivity contribution is 4.80. The summed E-state index contributed by atoms with van der Waals surface area (Å²) >= 11 is 0. The van der Waals surface area contributed by atoms with Crippen LogP contribution in [0.2, 0.25) is 0 Å². The molecule has 2 nitrogen and oxygen atoms in total. The standard InChI is InChI=1S/C18H36N2/c1-3-14-20(15-17-10-12-19-13-11-17)18-7-5-6-16(4-2)8-9-18/h16-19H,3-15H2,1-2H3. The van der Waals surface area contributed by atoms with Crippen LogP contribution in [0.15, 0.2) is 0 Å². The van der Waals surface area contributed by atoms with E-state index in [1.54, 1.807) is 0 Å². The van der Waals surface area contributed by atoms with Crippen LogP contribution in [0.4, 0.5) is 0 Å². The Labute approximate surface area is 126 Å². The molecular weight excluding hydrogens is 244 g/mol. The third-order valence-corrected chi connectivity index (χ3v) is 5.61. The van der Waals surface area contributed by atoms with Gasteiger partial charge in [-0.05, 0) is 70.0 Å². The van der Waals surface area contributed by atoms with Gasteiger partial charge < -0.3 is 10.2 Å². The van der Waals surface area contributed by atoms with Crippen LogP contribution in [0.1, 0.15) is 71.6 Å². The molecule has 1 saturated heterocycles. The Morgan fingerprint density at radius 3 is 2.40 bits per heavy atom. The van der Waals surface area contributed by atoms with Gasteiger partial charge >= 0.3 is 0 Å². The van der Waals surface area contributed by atoms with Gasteiger partial charge in [0.2, 0.25) is 0 Å². The van der Waals surface area contributed by atoms with Gasteiger partial charge in [0.05, 0.1) is 0 Å². The second kappa shape index (κ2) is 9.04. The Morgan fingerprint density at radius 2 is 1.70 bits per heavy atom. The molecule has 0 spiro atoms. The minimum atomic E-state index is 0.890. The maximum Gasteiger partial charge on any atom is 0.00954 e. The third kappa shape index (κ3) is 5.04. The number of rotatable bonds is 6. The summed E-state index contributed by atoms with van der Waals surface area (Å²) in [7, 11) is 0. The van der Waals surface area contributed by atoms with E-state index in [1.807, 2.05) is 0 Å². The quantitative estimate of drug-likeness (QED) is 0.738. The Bertz CT molecular complexity index is 248. The summed E-state index contributed by atoms with van der Waals surface area (Å²) < 4.78 is 0. The van der Waals surface area contributed by atoms with Gasteiger partial charge in [0.1, 0.15) is 0 Å². The molecule has 2 atom stereocenters. The summed E-state index contributed by atoms with van der Waals surface area (Å²) in [5, 5.41) is 3.50. The van der Waals surface area contributed by atoms with Crippen LogP contribution < -0.4 is 5.32 Å². The smallest absolute Gasteiger partial charge is 0.00954 e. The van der Waals surface area contributed by atoms with Crippen LogP contribution in [0, 0.1) is 11.8 Å². The highest BCUT2D eigenvalue weighted by Gasteiger charge is 2.25. The first-order chi connectivity index (χ1) is 9.83. The topological polar surface area (TPSA) is 15.3 Å². The van der Waals surface area contributed by atoms with Gasteiger partial charge in [0.15, 0.2) is 0 Å². The van der Waals surface area contributed by atoms with E-state index >= 15 is 0 Å².